The number of benzene rings is 1. The Morgan fingerprint density at radius 2 is 1.82 bits per heavy atom. The number of nitrogen functional groups attached to an aromatic ring is 1. The lowest BCUT2D eigenvalue weighted by molar-refractivity contribution is 0.0991. The van der Waals surface area contributed by atoms with Gasteiger partial charge in [0.1, 0.15) is 11.2 Å². The van der Waals surface area contributed by atoms with E-state index in [9.17, 15) is 14.4 Å². The first-order valence-electron chi connectivity index (χ1n) is 11.8. The Hall–Kier alpha value is -5.20. The van der Waals surface area contributed by atoms with Crippen molar-refractivity contribution in [2.75, 3.05) is 22.9 Å². The predicted octanol–water partition coefficient (Wildman–Crippen LogP) is 1.66. The number of carbonyl (C=O) groups is 3. The Morgan fingerprint density at radius 1 is 1.05 bits per heavy atom. The maximum atomic E-state index is 13.1. The maximum Gasteiger partial charge on any atom is 0.276 e. The van der Waals surface area contributed by atoms with Gasteiger partial charge in [0.05, 0.1) is 22.6 Å². The molecule has 0 aliphatic carbocycles. The number of primary amides is 2. The van der Waals surface area contributed by atoms with Crippen LogP contribution in [0.1, 0.15) is 43.8 Å². The van der Waals surface area contributed by atoms with Crippen molar-refractivity contribution < 1.29 is 14.4 Å². The van der Waals surface area contributed by atoms with Crippen LogP contribution in [-0.2, 0) is 13.1 Å². The Bertz CT molecular complexity index is 1570. The summed E-state index contributed by atoms with van der Waals surface area (Å²) in [4.78, 5) is 44.8. The van der Waals surface area contributed by atoms with Crippen LogP contribution in [0.2, 0.25) is 0 Å². The van der Waals surface area contributed by atoms with Gasteiger partial charge in [-0.25, -0.2) is 9.97 Å². The molecule has 1 aromatic carbocycles. The molecule has 3 aromatic heterocycles. The molecule has 0 saturated heterocycles. The topological polar surface area (TPSA) is 202 Å². The van der Waals surface area contributed by atoms with Gasteiger partial charge in [0.15, 0.2) is 5.65 Å². The molecule has 0 radical (unpaired) electrons. The maximum absolute atomic E-state index is 13.1. The summed E-state index contributed by atoms with van der Waals surface area (Å²) in [6.45, 7) is 4.99. The third-order valence-corrected chi connectivity index (χ3v) is 5.73. The lowest BCUT2D eigenvalue weighted by Crippen LogP contribution is -2.20. The fraction of sp³-hybridized carbons (Fsp3) is 0.200. The number of amides is 3. The lowest BCUT2D eigenvalue weighted by Gasteiger charge is -2.09. The second-order valence-corrected chi connectivity index (χ2v) is 8.44. The van der Waals surface area contributed by atoms with E-state index >= 15 is 0 Å². The standard InChI is InChI=1S/C25H28N10O3/c1-3-35-20(10-14(2)33-35)24(38)32-25-31-19-12-16(22(28)37)13-30-23(19)34(25)9-5-4-8-29-18-7-6-15(21(27)36)11-17(18)26/h4-7,10-13,29H,3,8-9,26H2,1-2H3,(H2,27,36)(H2,28,37)(H,31,32,38). The highest BCUT2D eigenvalue weighted by Gasteiger charge is 2.19. The minimum absolute atomic E-state index is 0.208. The highest BCUT2D eigenvalue weighted by atomic mass is 16.2. The normalized spacial score (nSPS) is 11.2. The van der Waals surface area contributed by atoms with E-state index in [0.717, 1.165) is 5.69 Å². The molecular formula is C25H28N10O3. The van der Waals surface area contributed by atoms with Gasteiger partial charge in [-0.3, -0.25) is 28.9 Å². The van der Waals surface area contributed by atoms with Crippen LogP contribution >= 0.6 is 0 Å². The van der Waals surface area contributed by atoms with Crippen molar-refractivity contribution in [1.82, 2.24) is 24.3 Å². The number of aryl methyl sites for hydroxylation is 2. The Morgan fingerprint density at radius 3 is 2.50 bits per heavy atom. The number of allylic oxidation sites excluding steroid dienone is 1. The Kier molecular flexibility index (Phi) is 7.37. The highest BCUT2D eigenvalue weighted by Crippen LogP contribution is 2.21. The molecule has 0 aliphatic rings. The number of imidazole rings is 1. The number of nitrogens with zero attached hydrogens (tertiary/aromatic N) is 5. The van der Waals surface area contributed by atoms with Crippen LogP contribution in [0.15, 0.2) is 48.7 Å². The van der Waals surface area contributed by atoms with Crippen molar-refractivity contribution in [2.45, 2.75) is 26.9 Å². The number of rotatable bonds is 10. The van der Waals surface area contributed by atoms with E-state index in [-0.39, 0.29) is 17.4 Å². The second kappa shape index (κ2) is 10.8. The number of aromatic nitrogens is 5. The van der Waals surface area contributed by atoms with Gasteiger partial charge in [-0.05, 0) is 44.2 Å². The van der Waals surface area contributed by atoms with Gasteiger partial charge in [-0.1, -0.05) is 12.2 Å². The number of fused-ring (bicyclic) bond motifs is 1. The SMILES string of the molecule is CCn1nc(C)cc1C(=O)Nc1nc2cc(C(N)=O)cnc2n1CC=CCNc1ccc(C(N)=O)cc1N. The highest BCUT2D eigenvalue weighted by molar-refractivity contribution is 6.03. The second-order valence-electron chi connectivity index (χ2n) is 8.44. The summed E-state index contributed by atoms with van der Waals surface area (Å²) in [6, 6.07) is 8.01. The first kappa shape index (κ1) is 25.9. The van der Waals surface area contributed by atoms with Gasteiger partial charge in [0, 0.05) is 31.4 Å². The van der Waals surface area contributed by atoms with Crippen LogP contribution < -0.4 is 27.8 Å². The number of carbonyl (C=O) groups excluding carboxylic acids is 3. The summed E-state index contributed by atoms with van der Waals surface area (Å²) in [6.07, 6.45) is 5.10. The van der Waals surface area contributed by atoms with E-state index in [1.54, 1.807) is 27.4 Å². The molecule has 4 aromatic rings. The van der Waals surface area contributed by atoms with E-state index in [4.69, 9.17) is 17.2 Å². The van der Waals surface area contributed by atoms with Crippen LogP contribution in [0.25, 0.3) is 11.2 Å². The minimum Gasteiger partial charge on any atom is -0.397 e. The van der Waals surface area contributed by atoms with Crippen LogP contribution in [0.5, 0.6) is 0 Å². The molecule has 0 aliphatic heterocycles. The zero-order valence-electron chi connectivity index (χ0n) is 20.9. The van der Waals surface area contributed by atoms with E-state index in [2.05, 4.69) is 25.7 Å². The van der Waals surface area contributed by atoms with Gasteiger partial charge in [0.2, 0.25) is 17.8 Å². The number of nitrogens with two attached hydrogens (primary N) is 3. The molecule has 13 nitrogen and oxygen atoms in total. The molecule has 8 N–H and O–H groups in total. The molecule has 196 valence electrons. The summed E-state index contributed by atoms with van der Waals surface area (Å²) < 4.78 is 3.32. The van der Waals surface area contributed by atoms with Crippen molar-refractivity contribution in [3.05, 3.63) is 71.2 Å². The van der Waals surface area contributed by atoms with Crippen molar-refractivity contribution in [1.29, 1.82) is 0 Å². The fourth-order valence-corrected chi connectivity index (χ4v) is 3.86. The summed E-state index contributed by atoms with van der Waals surface area (Å²) >= 11 is 0. The van der Waals surface area contributed by atoms with Gasteiger partial charge in [-0.15, -0.1) is 0 Å². The quantitative estimate of drug-likeness (QED) is 0.154. The average Bonchev–Trinajstić information content (AvgIpc) is 3.43. The van der Waals surface area contributed by atoms with E-state index in [0.29, 0.717) is 53.4 Å². The summed E-state index contributed by atoms with van der Waals surface area (Å²) in [7, 11) is 0. The first-order valence-corrected chi connectivity index (χ1v) is 11.8. The molecule has 0 bridgehead atoms. The summed E-state index contributed by atoms with van der Waals surface area (Å²) in [5.41, 5.74) is 20.2. The number of hydrogen-bond acceptors (Lipinski definition) is 8. The molecular weight excluding hydrogens is 488 g/mol. The van der Waals surface area contributed by atoms with E-state index in [1.165, 1.54) is 18.3 Å². The molecule has 0 saturated carbocycles. The monoisotopic (exact) mass is 516 g/mol. The predicted molar refractivity (Wildman–Crippen MR) is 144 cm³/mol. The van der Waals surface area contributed by atoms with Crippen molar-refractivity contribution in [2.24, 2.45) is 11.5 Å². The van der Waals surface area contributed by atoms with Crippen LogP contribution in [0.3, 0.4) is 0 Å². The number of pyridine rings is 1. The fourth-order valence-electron chi connectivity index (χ4n) is 3.86. The molecule has 0 atom stereocenters. The largest absolute Gasteiger partial charge is 0.397 e. The minimum atomic E-state index is -0.629. The zero-order valence-corrected chi connectivity index (χ0v) is 20.9. The number of hydrogen-bond donors (Lipinski definition) is 5. The molecule has 3 heterocycles. The molecule has 0 unspecified atom stereocenters. The van der Waals surface area contributed by atoms with Gasteiger partial charge >= 0.3 is 0 Å². The van der Waals surface area contributed by atoms with Crippen LogP contribution in [-0.4, -0.2) is 48.6 Å². The first-order chi connectivity index (χ1) is 18.2. The number of anilines is 3. The van der Waals surface area contributed by atoms with Crippen LogP contribution in [0, 0.1) is 6.92 Å². The van der Waals surface area contributed by atoms with Crippen LogP contribution in [0.4, 0.5) is 17.3 Å². The molecule has 0 spiro atoms. The van der Waals surface area contributed by atoms with Crippen molar-refractivity contribution >= 4 is 46.2 Å². The van der Waals surface area contributed by atoms with Gasteiger partial charge in [-0.2, -0.15) is 5.10 Å². The molecule has 0 fully saturated rings. The van der Waals surface area contributed by atoms with Crippen molar-refractivity contribution in [3.8, 4) is 0 Å². The third kappa shape index (κ3) is 5.46. The summed E-state index contributed by atoms with van der Waals surface area (Å²) in [5.74, 6) is -1.30. The molecule has 13 heteroatoms. The molecule has 4 rings (SSSR count). The lowest BCUT2D eigenvalue weighted by atomic mass is 10.1. The average molecular weight is 517 g/mol. The Balaban J connectivity index is 1.55. The summed E-state index contributed by atoms with van der Waals surface area (Å²) in [5, 5.41) is 10.3. The van der Waals surface area contributed by atoms with E-state index in [1.807, 2.05) is 26.0 Å². The Labute approximate surface area is 217 Å². The number of nitrogens with one attached hydrogen (secondary N) is 2. The zero-order chi connectivity index (χ0) is 27.4. The van der Waals surface area contributed by atoms with Gasteiger partial charge in [0.25, 0.3) is 5.91 Å². The van der Waals surface area contributed by atoms with Gasteiger partial charge < -0.3 is 22.5 Å². The van der Waals surface area contributed by atoms with E-state index < -0.39 is 11.8 Å². The molecule has 38 heavy (non-hydrogen) atoms. The third-order valence-electron chi connectivity index (χ3n) is 5.73. The smallest absolute Gasteiger partial charge is 0.276 e. The van der Waals surface area contributed by atoms with Crippen molar-refractivity contribution in [3.63, 3.8) is 0 Å². The molecule has 3 amide bonds.